The van der Waals surface area contributed by atoms with Gasteiger partial charge in [0.15, 0.2) is 0 Å². The highest BCUT2D eigenvalue weighted by Gasteiger charge is 2.11. The Bertz CT molecular complexity index is 578. The van der Waals surface area contributed by atoms with Gasteiger partial charge in [-0.3, -0.25) is 0 Å². The van der Waals surface area contributed by atoms with Crippen LogP contribution in [0, 0.1) is 15.3 Å². The van der Waals surface area contributed by atoms with Gasteiger partial charge < -0.3 is 10.3 Å². The average Bonchev–Trinajstić information content (AvgIpc) is 2.61. The van der Waals surface area contributed by atoms with Crippen LogP contribution in [0.4, 0.5) is 10.3 Å². The highest BCUT2D eigenvalue weighted by atomic mass is 127. The van der Waals surface area contributed by atoms with E-state index in [1.165, 1.54) is 12.5 Å². The summed E-state index contributed by atoms with van der Waals surface area (Å²) in [5.41, 5.74) is 7.48. The summed E-state index contributed by atoms with van der Waals surface area (Å²) >= 11 is 1.97. The van der Waals surface area contributed by atoms with Crippen LogP contribution in [0.1, 0.15) is 33.1 Å². The maximum absolute atomic E-state index is 13.6. The molecule has 0 spiro atoms. The number of nitrogens with two attached hydrogens (primary N) is 1. The molecule has 0 radical (unpaired) electrons. The summed E-state index contributed by atoms with van der Waals surface area (Å²) in [7, 11) is 0. The minimum absolute atomic E-state index is 0.212. The van der Waals surface area contributed by atoms with Gasteiger partial charge >= 0.3 is 0 Å². The predicted molar refractivity (Wildman–Crippen MR) is 85.5 cm³/mol. The predicted octanol–water partition coefficient (Wildman–Crippen LogP) is 4.19. The van der Waals surface area contributed by atoms with Crippen molar-refractivity contribution >= 4 is 39.6 Å². The SMILES string of the molecule is CC(C)CCCCn1c(N)nc2cc(I)c(F)cc21. The molecule has 0 aliphatic rings. The molecule has 0 amide bonds. The molecule has 2 N–H and O–H groups in total. The number of anilines is 1. The van der Waals surface area contributed by atoms with Gasteiger partial charge in [0.25, 0.3) is 0 Å². The van der Waals surface area contributed by atoms with E-state index < -0.39 is 0 Å². The molecular weight excluding hydrogens is 356 g/mol. The Labute approximate surface area is 126 Å². The van der Waals surface area contributed by atoms with Crippen LogP contribution in [0.3, 0.4) is 0 Å². The zero-order chi connectivity index (χ0) is 14.0. The summed E-state index contributed by atoms with van der Waals surface area (Å²) in [6.07, 6.45) is 3.41. The summed E-state index contributed by atoms with van der Waals surface area (Å²) in [4.78, 5) is 4.30. The van der Waals surface area contributed by atoms with E-state index in [0.29, 0.717) is 9.52 Å². The van der Waals surface area contributed by atoms with E-state index >= 15 is 0 Å². The molecule has 19 heavy (non-hydrogen) atoms. The van der Waals surface area contributed by atoms with Gasteiger partial charge in [-0.15, -0.1) is 0 Å². The average molecular weight is 375 g/mol. The van der Waals surface area contributed by atoms with Gasteiger partial charge in [0.05, 0.1) is 14.6 Å². The van der Waals surface area contributed by atoms with E-state index in [-0.39, 0.29) is 5.82 Å². The molecule has 0 saturated carbocycles. The van der Waals surface area contributed by atoms with Crippen LogP contribution in [0.2, 0.25) is 0 Å². The molecule has 0 aliphatic heterocycles. The maximum atomic E-state index is 13.6. The largest absolute Gasteiger partial charge is 0.369 e. The van der Waals surface area contributed by atoms with E-state index in [4.69, 9.17) is 5.73 Å². The molecule has 0 bridgehead atoms. The van der Waals surface area contributed by atoms with Crippen molar-refractivity contribution in [1.29, 1.82) is 0 Å². The minimum atomic E-state index is -0.212. The number of aromatic nitrogens is 2. The van der Waals surface area contributed by atoms with Crippen molar-refractivity contribution in [1.82, 2.24) is 9.55 Å². The third kappa shape index (κ3) is 3.38. The van der Waals surface area contributed by atoms with Crippen LogP contribution >= 0.6 is 22.6 Å². The van der Waals surface area contributed by atoms with Crippen LogP contribution in [0.15, 0.2) is 12.1 Å². The van der Waals surface area contributed by atoms with E-state index in [9.17, 15) is 4.39 Å². The first-order valence-corrected chi connectivity index (χ1v) is 7.67. The molecule has 0 saturated heterocycles. The highest BCUT2D eigenvalue weighted by molar-refractivity contribution is 14.1. The molecule has 1 heterocycles. The van der Waals surface area contributed by atoms with Crippen molar-refractivity contribution in [3.8, 4) is 0 Å². The molecule has 2 aromatic rings. The number of halogens is 2. The number of imidazole rings is 1. The smallest absolute Gasteiger partial charge is 0.201 e. The first kappa shape index (κ1) is 14.6. The normalized spacial score (nSPS) is 11.6. The third-order valence-electron chi connectivity index (χ3n) is 3.23. The second-order valence-corrected chi connectivity index (χ2v) is 6.43. The summed E-state index contributed by atoms with van der Waals surface area (Å²) in [5.74, 6) is 0.980. The molecule has 0 fully saturated rings. The number of unbranched alkanes of at least 4 members (excludes halogenated alkanes) is 1. The molecule has 0 aliphatic carbocycles. The highest BCUT2D eigenvalue weighted by Crippen LogP contribution is 2.23. The summed E-state index contributed by atoms with van der Waals surface area (Å²) in [6, 6.07) is 3.27. The van der Waals surface area contributed by atoms with Gasteiger partial charge in [0, 0.05) is 12.6 Å². The van der Waals surface area contributed by atoms with E-state index in [0.717, 1.165) is 36.3 Å². The molecule has 0 atom stereocenters. The molecule has 2 rings (SSSR count). The fraction of sp³-hybridized carbons (Fsp3) is 0.500. The monoisotopic (exact) mass is 375 g/mol. The van der Waals surface area contributed by atoms with Crippen LogP contribution in [0.25, 0.3) is 11.0 Å². The van der Waals surface area contributed by atoms with Crippen molar-refractivity contribution in [2.24, 2.45) is 5.92 Å². The number of aryl methyl sites for hydroxylation is 1. The number of nitrogens with zero attached hydrogens (tertiary/aromatic N) is 2. The molecule has 1 aromatic heterocycles. The van der Waals surface area contributed by atoms with E-state index in [2.05, 4.69) is 18.8 Å². The Kier molecular flexibility index (Phi) is 4.65. The Morgan fingerprint density at radius 1 is 1.37 bits per heavy atom. The number of hydrogen-bond donors (Lipinski definition) is 1. The van der Waals surface area contributed by atoms with Crippen LogP contribution in [0.5, 0.6) is 0 Å². The minimum Gasteiger partial charge on any atom is -0.369 e. The second kappa shape index (κ2) is 6.07. The van der Waals surface area contributed by atoms with Crippen molar-refractivity contribution in [3.63, 3.8) is 0 Å². The Balaban J connectivity index is 2.18. The Morgan fingerprint density at radius 2 is 2.11 bits per heavy atom. The lowest BCUT2D eigenvalue weighted by Crippen LogP contribution is -2.04. The van der Waals surface area contributed by atoms with Crippen molar-refractivity contribution in [2.75, 3.05) is 5.73 Å². The fourth-order valence-electron chi connectivity index (χ4n) is 2.20. The Hall–Kier alpha value is -0.850. The second-order valence-electron chi connectivity index (χ2n) is 5.27. The van der Waals surface area contributed by atoms with Gasteiger partial charge in [-0.1, -0.05) is 26.7 Å². The standard InChI is InChI=1S/C14H19FIN3/c1-9(2)5-3-4-6-19-13-7-10(15)11(16)8-12(13)18-14(19)17/h7-9H,3-6H2,1-2H3,(H2,17,18). The topological polar surface area (TPSA) is 43.8 Å². The first-order chi connectivity index (χ1) is 8.99. The van der Waals surface area contributed by atoms with E-state index in [1.807, 2.05) is 27.2 Å². The maximum Gasteiger partial charge on any atom is 0.201 e. The molecule has 1 aromatic carbocycles. The molecular formula is C14H19FIN3. The third-order valence-corrected chi connectivity index (χ3v) is 4.06. The van der Waals surface area contributed by atoms with Gasteiger partial charge in [-0.2, -0.15) is 0 Å². The fourth-order valence-corrected chi connectivity index (χ4v) is 2.65. The molecule has 0 unspecified atom stereocenters. The van der Waals surface area contributed by atoms with Gasteiger partial charge in [-0.05, 0) is 41.0 Å². The zero-order valence-corrected chi connectivity index (χ0v) is 13.4. The molecule has 3 nitrogen and oxygen atoms in total. The number of nitrogen functional groups attached to an aromatic ring is 1. The van der Waals surface area contributed by atoms with Crippen molar-refractivity contribution < 1.29 is 4.39 Å². The van der Waals surface area contributed by atoms with Gasteiger partial charge in [0.2, 0.25) is 5.95 Å². The van der Waals surface area contributed by atoms with Crippen LogP contribution in [-0.4, -0.2) is 9.55 Å². The molecule has 104 valence electrons. The summed E-state index contributed by atoms with van der Waals surface area (Å²) < 4.78 is 16.1. The number of hydrogen-bond acceptors (Lipinski definition) is 2. The van der Waals surface area contributed by atoms with E-state index in [1.54, 1.807) is 6.07 Å². The van der Waals surface area contributed by atoms with Gasteiger partial charge in [-0.25, -0.2) is 9.37 Å². The lowest BCUT2D eigenvalue weighted by atomic mass is 10.1. The Morgan fingerprint density at radius 3 is 2.79 bits per heavy atom. The number of rotatable bonds is 5. The zero-order valence-electron chi connectivity index (χ0n) is 11.3. The van der Waals surface area contributed by atoms with Gasteiger partial charge in [0.1, 0.15) is 5.82 Å². The first-order valence-electron chi connectivity index (χ1n) is 6.59. The van der Waals surface area contributed by atoms with Crippen LogP contribution in [-0.2, 0) is 6.54 Å². The molecule has 5 heteroatoms. The lowest BCUT2D eigenvalue weighted by molar-refractivity contribution is 0.514. The quantitative estimate of drug-likeness (QED) is 0.629. The summed E-state index contributed by atoms with van der Waals surface area (Å²) in [5, 5.41) is 0. The number of benzene rings is 1. The van der Waals surface area contributed by atoms with Crippen LogP contribution < -0.4 is 5.73 Å². The number of fused-ring (bicyclic) bond motifs is 1. The lowest BCUT2D eigenvalue weighted by Gasteiger charge is -2.08. The van der Waals surface area contributed by atoms with Crippen molar-refractivity contribution in [3.05, 3.63) is 21.5 Å². The van der Waals surface area contributed by atoms with Crippen molar-refractivity contribution in [2.45, 2.75) is 39.7 Å². The summed E-state index contributed by atoms with van der Waals surface area (Å²) in [6.45, 7) is 5.24.